The molecule has 0 radical (unpaired) electrons. The number of pyridine rings is 3. The van der Waals surface area contributed by atoms with Crippen LogP contribution in [0.3, 0.4) is 0 Å². The standard InChI is InChI=1S/C18H26N2Si.2C18H25N2Si.2CH3.Zr/c3*1-13-10-14(2)18(15(3)11-13)16-8-7-9-17(20-16)19-12-21(4,5)6;;;/h7-11H,12H2,1-6H3,(H,19,20);2*7-11H,12H2,1-6H3;2*1H3;/q;4*-1;+4. The fourth-order valence-electron chi connectivity index (χ4n) is 7.72. The molecule has 66 heavy (non-hydrogen) atoms. The Morgan fingerprint density at radius 3 is 0.985 bits per heavy atom. The van der Waals surface area contributed by atoms with Crippen LogP contribution >= 0.6 is 0 Å². The molecule has 10 heteroatoms. The van der Waals surface area contributed by atoms with Gasteiger partial charge in [0.05, 0.1) is 13.8 Å². The second-order valence-electron chi connectivity index (χ2n) is 21.2. The first-order valence-electron chi connectivity index (χ1n) is 22.5. The van der Waals surface area contributed by atoms with Crippen LogP contribution in [0.15, 0.2) is 91.0 Å². The van der Waals surface area contributed by atoms with E-state index in [9.17, 15) is 0 Å². The Morgan fingerprint density at radius 1 is 0.409 bits per heavy atom. The van der Waals surface area contributed by atoms with E-state index in [0.29, 0.717) is 0 Å². The smallest absolute Gasteiger partial charge is 0.468 e. The Labute approximate surface area is 425 Å². The van der Waals surface area contributed by atoms with Crippen molar-refractivity contribution in [3.8, 4) is 33.8 Å². The molecule has 1 N–H and O–H groups in total. The monoisotopic (exact) mass is 1010 g/mol. The van der Waals surface area contributed by atoms with Crippen molar-refractivity contribution in [2.24, 2.45) is 0 Å². The molecule has 3 heterocycles. The van der Waals surface area contributed by atoms with E-state index < -0.39 is 24.2 Å². The summed E-state index contributed by atoms with van der Waals surface area (Å²) >= 11 is 0. The van der Waals surface area contributed by atoms with Gasteiger partial charge in [-0.2, -0.15) is 0 Å². The third-order valence-electron chi connectivity index (χ3n) is 10.2. The Bertz CT molecular complexity index is 2140. The zero-order valence-electron chi connectivity index (χ0n) is 44.5. The number of aryl methyl sites for hydroxylation is 9. The molecule has 0 aliphatic rings. The number of nitrogens with one attached hydrogen (secondary N) is 1. The van der Waals surface area contributed by atoms with Crippen LogP contribution in [-0.4, -0.2) is 57.7 Å². The topological polar surface area (TPSA) is 78.9 Å². The predicted octanol–water partition coefficient (Wildman–Crippen LogP) is 17.0. The van der Waals surface area contributed by atoms with Gasteiger partial charge in [-0.1, -0.05) is 178 Å². The van der Waals surface area contributed by atoms with Crippen molar-refractivity contribution in [1.82, 2.24) is 15.0 Å². The summed E-state index contributed by atoms with van der Waals surface area (Å²) in [6.07, 6.45) is 2.90. The first-order chi connectivity index (χ1) is 29.3. The molecule has 0 atom stereocenters. The zero-order chi connectivity index (χ0) is 46.9. The number of rotatable bonds is 12. The molecule has 0 amide bonds. The summed E-state index contributed by atoms with van der Waals surface area (Å²) in [7, 11) is -3.46. The fraction of sp³-hybridized carbons (Fsp3) is 0.375. The van der Waals surface area contributed by atoms with Crippen molar-refractivity contribution in [2.45, 2.75) is 121 Å². The molecule has 352 valence electrons. The Hall–Kier alpha value is -3.96. The van der Waals surface area contributed by atoms with Gasteiger partial charge in [-0.05, 0) is 130 Å². The average molecular weight is 1010 g/mol. The minimum absolute atomic E-state index is 0. The molecule has 3 aromatic heterocycles. The summed E-state index contributed by atoms with van der Waals surface area (Å²) < 4.78 is 0. The summed E-state index contributed by atoms with van der Waals surface area (Å²) in [5.41, 5.74) is 18.5. The summed E-state index contributed by atoms with van der Waals surface area (Å²) in [6, 6.07) is 31.9. The van der Waals surface area contributed by atoms with E-state index in [1.54, 1.807) is 0 Å². The maximum atomic E-state index is 4.81. The van der Waals surface area contributed by atoms with Crippen LogP contribution in [0.4, 0.5) is 17.5 Å². The molecule has 3 aromatic carbocycles. The van der Waals surface area contributed by atoms with Crippen LogP contribution in [0.25, 0.3) is 44.4 Å². The van der Waals surface area contributed by atoms with Crippen LogP contribution in [-0.2, 0) is 26.2 Å². The molecule has 6 aromatic rings. The van der Waals surface area contributed by atoms with Gasteiger partial charge in [0.25, 0.3) is 0 Å². The maximum Gasteiger partial charge on any atom is 4.00 e. The van der Waals surface area contributed by atoms with Gasteiger partial charge in [-0.15, -0.1) is 0 Å². The summed E-state index contributed by atoms with van der Waals surface area (Å²) in [5, 5.41) is 12.9. The Kier molecular flexibility index (Phi) is 23.6. The zero-order valence-corrected chi connectivity index (χ0v) is 50.0. The molecule has 0 aliphatic heterocycles. The van der Waals surface area contributed by atoms with Crippen molar-refractivity contribution in [3.63, 3.8) is 0 Å². The number of anilines is 1. The maximum absolute atomic E-state index is 4.81. The molecule has 0 fully saturated rings. The van der Waals surface area contributed by atoms with Crippen LogP contribution in [0.1, 0.15) is 50.1 Å². The number of nitrogens with zero attached hydrogens (tertiary/aromatic N) is 5. The molecular weight excluding hydrogens is 932 g/mol. The van der Waals surface area contributed by atoms with E-state index in [2.05, 4.69) is 205 Å². The van der Waals surface area contributed by atoms with Gasteiger partial charge in [0.15, 0.2) is 0 Å². The fourth-order valence-corrected chi connectivity index (χ4v) is 9.70. The molecule has 0 unspecified atom stereocenters. The number of benzene rings is 3. The predicted molar refractivity (Wildman–Crippen MR) is 299 cm³/mol. The van der Waals surface area contributed by atoms with Gasteiger partial charge in [0, 0.05) is 27.9 Å². The third-order valence-corrected chi connectivity index (χ3v) is 13.7. The molecule has 6 nitrogen and oxygen atoms in total. The number of aromatic nitrogens is 3. The molecule has 0 bridgehead atoms. The first kappa shape index (κ1) is 60.1. The van der Waals surface area contributed by atoms with Crippen molar-refractivity contribution in [2.75, 3.05) is 23.8 Å². The summed E-state index contributed by atoms with van der Waals surface area (Å²) in [4.78, 5) is 14.3. The van der Waals surface area contributed by atoms with Gasteiger partial charge in [-0.25, -0.2) is 4.98 Å². The largest absolute Gasteiger partial charge is 4.00 e. The quantitative estimate of drug-likeness (QED) is 0.0978. The SMILES string of the molecule is Cc1cc(C)c(-c2cccc(NC[Si](C)(C)C)n2)c(C)c1.Cc1cc(C)c(-c2cccc([N-]C[Si](C)(C)C)n2)c(C)c1.Cc1cc(C)c(-c2cccc([N-]C[Si](C)(C)C)n2)c(C)c1.[CH3-].[CH3-].[Zr+4]. The first-order valence-corrected chi connectivity index (χ1v) is 33.7. The van der Waals surface area contributed by atoms with Crippen molar-refractivity contribution in [1.29, 1.82) is 0 Å². The normalized spacial score (nSPS) is 11.0. The van der Waals surface area contributed by atoms with Crippen molar-refractivity contribution in [3.05, 3.63) is 167 Å². The molecule has 0 saturated carbocycles. The minimum atomic E-state index is -1.17. The number of hydrogen-bond donors (Lipinski definition) is 1. The minimum Gasteiger partial charge on any atom is -0.468 e. The second-order valence-corrected chi connectivity index (χ2v) is 37.5. The molecule has 0 aliphatic carbocycles. The van der Waals surface area contributed by atoms with E-state index in [1.165, 1.54) is 66.8 Å². The van der Waals surface area contributed by atoms with Gasteiger partial charge >= 0.3 is 26.2 Å². The number of hydrogen-bond acceptors (Lipinski definition) is 4. The van der Waals surface area contributed by atoms with Gasteiger partial charge in [0.2, 0.25) is 0 Å². The van der Waals surface area contributed by atoms with Gasteiger partial charge in [-0.3, -0.25) is 0 Å². The summed E-state index contributed by atoms with van der Waals surface area (Å²) in [5.74, 6) is 2.69. The van der Waals surface area contributed by atoms with Crippen LogP contribution in [0.2, 0.25) is 58.9 Å². The van der Waals surface area contributed by atoms with Crippen molar-refractivity contribution < 1.29 is 26.2 Å². The second kappa shape index (κ2) is 26.0. The Balaban J connectivity index is 0.000000484. The summed E-state index contributed by atoms with van der Waals surface area (Å²) in [6.45, 7) is 40.4. The van der Waals surface area contributed by atoms with E-state index in [-0.39, 0.29) is 41.1 Å². The van der Waals surface area contributed by atoms with Crippen LogP contribution < -0.4 is 5.32 Å². The van der Waals surface area contributed by atoms with E-state index in [0.717, 1.165) is 53.0 Å². The van der Waals surface area contributed by atoms with E-state index in [1.807, 2.05) is 12.1 Å². The van der Waals surface area contributed by atoms with Crippen molar-refractivity contribution >= 4 is 41.7 Å². The van der Waals surface area contributed by atoms with Crippen LogP contribution in [0, 0.1) is 77.2 Å². The van der Waals surface area contributed by atoms with Gasteiger partial charge in [0.1, 0.15) is 5.82 Å². The van der Waals surface area contributed by atoms with E-state index in [4.69, 9.17) is 25.6 Å². The molecule has 6 rings (SSSR count). The average Bonchev–Trinajstić information content (AvgIpc) is 3.15. The Morgan fingerprint density at radius 2 is 0.697 bits per heavy atom. The molecule has 0 spiro atoms. The molecular formula is C56H82N6Si3Zr. The third kappa shape index (κ3) is 19.3. The van der Waals surface area contributed by atoms with Crippen LogP contribution in [0.5, 0.6) is 0 Å². The molecule has 0 saturated heterocycles. The van der Waals surface area contributed by atoms with Gasteiger partial charge < -0.3 is 40.8 Å². The van der Waals surface area contributed by atoms with E-state index >= 15 is 0 Å².